The lowest BCUT2D eigenvalue weighted by molar-refractivity contribution is -0.122. The maximum Gasteiger partial charge on any atom is 0.237 e. The van der Waals surface area contributed by atoms with E-state index in [1.807, 2.05) is 84.0 Å². The molecule has 168 valence electrons. The number of amides is 1. The van der Waals surface area contributed by atoms with Crippen molar-refractivity contribution >= 4 is 25.3 Å². The number of hydrogen-bond donors (Lipinski definition) is 0. The molecule has 32 heavy (non-hydrogen) atoms. The molecule has 1 aromatic heterocycles. The first-order valence-electron chi connectivity index (χ1n) is 11.3. The van der Waals surface area contributed by atoms with Crippen molar-refractivity contribution in [2.45, 2.75) is 60.8 Å². The lowest BCUT2D eigenvalue weighted by Crippen LogP contribution is -2.42. The molecule has 0 aliphatic rings. The first kappa shape index (κ1) is 27.1. The fourth-order valence-corrected chi connectivity index (χ4v) is 3.37. The normalized spacial score (nSPS) is 10.3. The minimum Gasteiger partial charge on any atom is -0.299 e. The minimum atomic E-state index is -0.714. The summed E-state index contributed by atoms with van der Waals surface area (Å²) in [6, 6.07) is 15.8. The molecule has 1 amide bonds. The van der Waals surface area contributed by atoms with E-state index >= 15 is 0 Å². The number of rotatable bonds is 4. The summed E-state index contributed by atoms with van der Waals surface area (Å²) in [4.78, 5) is 23.6. The molecule has 1 heterocycles. The van der Waals surface area contributed by atoms with Crippen LogP contribution in [0.4, 0.5) is 5.82 Å². The van der Waals surface area contributed by atoms with Gasteiger partial charge in [0.05, 0.1) is 11.1 Å². The van der Waals surface area contributed by atoms with Gasteiger partial charge in [0.2, 0.25) is 5.91 Å². The molecule has 0 N–H and O–H groups in total. The fourth-order valence-electron chi connectivity index (χ4n) is 3.37. The molecular weight excluding hydrogens is 393 g/mol. The second-order valence-electron chi connectivity index (χ2n) is 7.57. The summed E-state index contributed by atoms with van der Waals surface area (Å²) < 4.78 is 0. The number of nitrogens with zero attached hydrogens (tertiary/aromatic N) is 3. The van der Waals surface area contributed by atoms with Crippen molar-refractivity contribution in [3.63, 3.8) is 0 Å². The van der Waals surface area contributed by atoms with Gasteiger partial charge in [-0.1, -0.05) is 76.2 Å². The maximum atomic E-state index is 13.4. The van der Waals surface area contributed by atoms with Crippen LogP contribution in [0.1, 0.15) is 58.2 Å². The van der Waals surface area contributed by atoms with Crippen molar-refractivity contribution in [2.75, 3.05) is 11.9 Å². The highest BCUT2D eigenvalue weighted by atomic mass is 16.2. The van der Waals surface area contributed by atoms with Crippen LogP contribution in [0, 0.1) is 13.8 Å². The molecule has 5 heteroatoms. The molecule has 0 aliphatic heterocycles. The van der Waals surface area contributed by atoms with Gasteiger partial charge >= 0.3 is 0 Å². The topological polar surface area (TPSA) is 46.1 Å². The van der Waals surface area contributed by atoms with Crippen LogP contribution in [0.2, 0.25) is 0 Å². The van der Waals surface area contributed by atoms with Gasteiger partial charge in [-0.2, -0.15) is 0 Å². The average Bonchev–Trinajstić information content (AvgIpc) is 2.83. The van der Waals surface area contributed by atoms with Crippen LogP contribution in [-0.2, 0) is 10.2 Å². The van der Waals surface area contributed by atoms with Crippen LogP contribution in [0.3, 0.4) is 0 Å². The molecule has 0 spiro atoms. The van der Waals surface area contributed by atoms with Crippen molar-refractivity contribution in [1.82, 2.24) is 9.97 Å². The Balaban J connectivity index is 0.00000121. The van der Waals surface area contributed by atoms with Gasteiger partial charge in [-0.3, -0.25) is 14.7 Å². The summed E-state index contributed by atoms with van der Waals surface area (Å²) in [6.45, 7) is 16.0. The fraction of sp³-hybridized carbons (Fsp3) is 0.370. The Morgan fingerprint density at radius 2 is 1.50 bits per heavy atom. The largest absolute Gasteiger partial charge is 0.299 e. The molecular formula is C27H36BN3O. The van der Waals surface area contributed by atoms with Crippen LogP contribution >= 0.6 is 0 Å². The van der Waals surface area contributed by atoms with E-state index in [1.54, 1.807) is 18.1 Å². The van der Waals surface area contributed by atoms with Gasteiger partial charge in [-0.15, -0.1) is 0 Å². The molecule has 3 aromatic rings. The van der Waals surface area contributed by atoms with Crippen LogP contribution in [0.15, 0.2) is 54.7 Å². The molecule has 0 fully saturated rings. The monoisotopic (exact) mass is 429 g/mol. The number of anilines is 1. The van der Waals surface area contributed by atoms with E-state index in [1.165, 1.54) is 5.56 Å². The van der Waals surface area contributed by atoms with E-state index in [0.29, 0.717) is 5.82 Å². The van der Waals surface area contributed by atoms with Gasteiger partial charge in [0, 0.05) is 18.8 Å². The number of aromatic nitrogens is 2. The third-order valence-electron chi connectivity index (χ3n) is 5.33. The second-order valence-corrected chi connectivity index (χ2v) is 7.57. The molecule has 0 bridgehead atoms. The zero-order chi connectivity index (χ0) is 24.5. The van der Waals surface area contributed by atoms with Crippen molar-refractivity contribution in [3.8, 4) is 11.1 Å². The summed E-state index contributed by atoms with van der Waals surface area (Å²) in [5.74, 6) is 0.443. The highest BCUT2D eigenvalue weighted by molar-refractivity contribution is 6.29. The number of hydrogen-bond acceptors (Lipinski definition) is 3. The smallest absolute Gasteiger partial charge is 0.237 e. The van der Waals surface area contributed by atoms with Crippen LogP contribution < -0.4 is 10.6 Å². The Morgan fingerprint density at radius 3 is 2.09 bits per heavy atom. The Hall–Kier alpha value is -2.95. The van der Waals surface area contributed by atoms with Crippen LogP contribution in [0.5, 0.6) is 0 Å². The van der Waals surface area contributed by atoms with E-state index in [0.717, 1.165) is 22.3 Å². The molecule has 2 aromatic carbocycles. The summed E-state index contributed by atoms with van der Waals surface area (Å²) >= 11 is 0. The van der Waals surface area contributed by atoms with E-state index < -0.39 is 5.41 Å². The number of carbonyl (C=O) groups is 1. The first-order chi connectivity index (χ1) is 15.2. The van der Waals surface area contributed by atoms with E-state index in [9.17, 15) is 4.79 Å². The molecule has 0 saturated carbocycles. The van der Waals surface area contributed by atoms with E-state index in [4.69, 9.17) is 7.85 Å². The van der Waals surface area contributed by atoms with Gasteiger partial charge in [-0.05, 0) is 49.9 Å². The quantitative estimate of drug-likeness (QED) is 0.511. The number of aryl methyl sites for hydroxylation is 1. The Labute approximate surface area is 195 Å². The Morgan fingerprint density at radius 1 is 0.906 bits per heavy atom. The average molecular weight is 429 g/mol. The third kappa shape index (κ3) is 5.85. The Kier molecular flexibility index (Phi) is 10.3. The van der Waals surface area contributed by atoms with Gasteiger partial charge in [-0.25, -0.2) is 4.98 Å². The molecule has 0 atom stereocenters. The van der Waals surface area contributed by atoms with Crippen LogP contribution in [0.25, 0.3) is 11.1 Å². The zero-order valence-corrected chi connectivity index (χ0v) is 21.0. The van der Waals surface area contributed by atoms with Crippen molar-refractivity contribution < 1.29 is 4.79 Å². The summed E-state index contributed by atoms with van der Waals surface area (Å²) in [7, 11) is 7.61. The second kappa shape index (κ2) is 12.2. The van der Waals surface area contributed by atoms with E-state index in [2.05, 4.69) is 29.9 Å². The third-order valence-corrected chi connectivity index (χ3v) is 5.33. The lowest BCUT2D eigenvalue weighted by Gasteiger charge is -2.30. The number of benzene rings is 2. The predicted octanol–water partition coefficient (Wildman–Crippen LogP) is 5.55. The van der Waals surface area contributed by atoms with Gasteiger partial charge in [0.15, 0.2) is 7.85 Å². The summed E-state index contributed by atoms with van der Waals surface area (Å²) in [6.07, 6.45) is 1.69. The van der Waals surface area contributed by atoms with Gasteiger partial charge in [0.1, 0.15) is 5.82 Å². The summed E-state index contributed by atoms with van der Waals surface area (Å²) in [5.41, 5.74) is 4.44. The van der Waals surface area contributed by atoms with Gasteiger partial charge in [0.25, 0.3) is 0 Å². The highest BCUT2D eigenvalue weighted by Crippen LogP contribution is 2.33. The zero-order valence-electron chi connectivity index (χ0n) is 21.0. The molecule has 3 rings (SSSR count). The molecule has 0 aliphatic carbocycles. The van der Waals surface area contributed by atoms with Crippen molar-refractivity contribution in [3.05, 3.63) is 71.4 Å². The maximum absolute atomic E-state index is 13.4. The van der Waals surface area contributed by atoms with Crippen molar-refractivity contribution in [2.24, 2.45) is 0 Å². The molecule has 2 radical (unpaired) electrons. The molecule has 0 saturated heterocycles. The number of carbonyl (C=O) groups excluding carboxylic acids is 1. The number of likely N-dealkylation sites (N-methyl/N-ethyl adjacent to an activating group) is 1. The SMILES string of the molecule is CC.CC.[B]c1ncc(-c2cccc(C)c2C)c(N(C)C(=O)C(C)(C)c2ccccc2)n1. The molecule has 0 unspecified atom stereocenters. The highest BCUT2D eigenvalue weighted by Gasteiger charge is 2.34. The lowest BCUT2D eigenvalue weighted by atomic mass is 9.83. The van der Waals surface area contributed by atoms with Gasteiger partial charge < -0.3 is 0 Å². The van der Waals surface area contributed by atoms with Crippen molar-refractivity contribution in [1.29, 1.82) is 0 Å². The van der Waals surface area contributed by atoms with Crippen LogP contribution in [-0.4, -0.2) is 30.8 Å². The predicted molar refractivity (Wildman–Crippen MR) is 138 cm³/mol. The minimum absolute atomic E-state index is 0.0663. The standard InChI is InChI=1S/C23H24BN3O.2C2H6/c1-15-10-9-13-18(16(15)2)19-14-25-22(24)26-20(19)27(5)21(28)23(3,4)17-11-7-6-8-12-17;2*1-2/h6-14H,1-5H3;2*1-2H3. The summed E-state index contributed by atoms with van der Waals surface area (Å²) in [5, 5.41) is 0. The van der Waals surface area contributed by atoms with E-state index in [-0.39, 0.29) is 11.6 Å². The molecule has 4 nitrogen and oxygen atoms in total. The first-order valence-corrected chi connectivity index (χ1v) is 11.3. The Bertz CT molecular complexity index is 1020.